The molecule has 1 aliphatic carbocycles. The van der Waals surface area contributed by atoms with Gasteiger partial charge in [0.25, 0.3) is 0 Å². The molecule has 1 aliphatic rings. The van der Waals surface area contributed by atoms with Gasteiger partial charge in [0.05, 0.1) is 0 Å². The molecule has 1 saturated carbocycles. The summed E-state index contributed by atoms with van der Waals surface area (Å²) in [5, 5.41) is 9.84. The first-order valence-electron chi connectivity index (χ1n) is 9.71. The number of hydrogen-bond acceptors (Lipinski definition) is 3. The van der Waals surface area contributed by atoms with Crippen LogP contribution in [-0.2, 0) is 5.75 Å². The Hall–Kier alpha value is -2.21. The average molecular weight is 400 g/mol. The van der Waals surface area contributed by atoms with Gasteiger partial charge in [0.2, 0.25) is 0 Å². The van der Waals surface area contributed by atoms with Gasteiger partial charge in [-0.05, 0) is 43.0 Å². The number of aryl methyl sites for hydroxylation is 1. The van der Waals surface area contributed by atoms with E-state index in [2.05, 4.69) is 33.8 Å². The number of hydrogen-bond donors (Lipinski definition) is 0. The van der Waals surface area contributed by atoms with Crippen molar-refractivity contribution in [3.8, 4) is 11.4 Å². The van der Waals surface area contributed by atoms with E-state index in [9.17, 15) is 8.78 Å². The summed E-state index contributed by atoms with van der Waals surface area (Å²) in [7, 11) is 0. The van der Waals surface area contributed by atoms with Crippen LogP contribution in [0.3, 0.4) is 0 Å². The predicted molar refractivity (Wildman–Crippen MR) is 108 cm³/mol. The second-order valence-corrected chi connectivity index (χ2v) is 8.26. The van der Waals surface area contributed by atoms with Gasteiger partial charge in [-0.1, -0.05) is 61.4 Å². The number of aromatic nitrogens is 3. The van der Waals surface area contributed by atoms with Crippen LogP contribution >= 0.6 is 11.8 Å². The highest BCUT2D eigenvalue weighted by atomic mass is 32.2. The fourth-order valence-electron chi connectivity index (χ4n) is 3.83. The number of thioether (sulfide) groups is 1. The summed E-state index contributed by atoms with van der Waals surface area (Å²) in [6, 6.07) is 12.7. The first-order chi connectivity index (χ1) is 13.6. The van der Waals surface area contributed by atoms with Crippen LogP contribution in [0.25, 0.3) is 11.4 Å². The van der Waals surface area contributed by atoms with E-state index in [0.717, 1.165) is 34.9 Å². The Morgan fingerprint density at radius 1 is 1.00 bits per heavy atom. The SMILES string of the molecule is Cc1ccccc1-c1nnc(SCc2ccc(F)c(F)c2)n1C1CCCCC1. The quantitative estimate of drug-likeness (QED) is 0.470. The van der Waals surface area contributed by atoms with Gasteiger partial charge in [-0.2, -0.15) is 0 Å². The number of rotatable bonds is 5. The highest BCUT2D eigenvalue weighted by Gasteiger charge is 2.24. The lowest BCUT2D eigenvalue weighted by atomic mass is 9.95. The van der Waals surface area contributed by atoms with Gasteiger partial charge in [0.1, 0.15) is 0 Å². The van der Waals surface area contributed by atoms with Crippen LogP contribution in [-0.4, -0.2) is 14.8 Å². The second-order valence-electron chi connectivity index (χ2n) is 7.32. The van der Waals surface area contributed by atoms with Crippen molar-refractivity contribution in [3.63, 3.8) is 0 Å². The van der Waals surface area contributed by atoms with E-state index in [1.807, 2.05) is 12.1 Å². The molecular weight excluding hydrogens is 376 g/mol. The van der Waals surface area contributed by atoms with Gasteiger partial charge in [-0.15, -0.1) is 10.2 Å². The lowest BCUT2D eigenvalue weighted by Gasteiger charge is -2.26. The molecule has 0 atom stereocenters. The van der Waals surface area contributed by atoms with E-state index >= 15 is 0 Å². The van der Waals surface area contributed by atoms with E-state index in [-0.39, 0.29) is 0 Å². The molecule has 0 amide bonds. The number of nitrogens with zero attached hydrogens (tertiary/aromatic N) is 3. The Kier molecular flexibility index (Phi) is 5.76. The smallest absolute Gasteiger partial charge is 0.192 e. The van der Waals surface area contributed by atoms with Gasteiger partial charge < -0.3 is 0 Å². The molecule has 0 spiro atoms. The molecule has 3 nitrogen and oxygen atoms in total. The standard InChI is InChI=1S/C22H23F2N3S/c1-15-7-5-6-10-18(15)21-25-26-22(27(21)17-8-3-2-4-9-17)28-14-16-11-12-19(23)20(24)13-16/h5-7,10-13,17H,2-4,8-9,14H2,1H3. The van der Waals surface area contributed by atoms with Crippen molar-refractivity contribution in [2.45, 2.75) is 56.0 Å². The molecule has 0 aliphatic heterocycles. The second kappa shape index (κ2) is 8.43. The molecule has 1 fully saturated rings. The molecule has 0 unspecified atom stereocenters. The monoisotopic (exact) mass is 399 g/mol. The topological polar surface area (TPSA) is 30.7 Å². The fourth-order valence-corrected chi connectivity index (χ4v) is 4.78. The van der Waals surface area contributed by atoms with Crippen LogP contribution in [0, 0.1) is 18.6 Å². The normalized spacial score (nSPS) is 15.1. The molecule has 6 heteroatoms. The molecule has 3 aromatic rings. The third-order valence-electron chi connectivity index (χ3n) is 5.34. The summed E-state index contributed by atoms with van der Waals surface area (Å²) >= 11 is 1.53. The Morgan fingerprint density at radius 3 is 2.54 bits per heavy atom. The lowest BCUT2D eigenvalue weighted by molar-refractivity contribution is 0.339. The van der Waals surface area contributed by atoms with Crippen LogP contribution in [0.1, 0.15) is 49.3 Å². The molecule has 0 N–H and O–H groups in total. The third-order valence-corrected chi connectivity index (χ3v) is 6.36. The van der Waals surface area contributed by atoms with Crippen LogP contribution in [0.15, 0.2) is 47.6 Å². The highest BCUT2D eigenvalue weighted by molar-refractivity contribution is 7.98. The zero-order valence-electron chi connectivity index (χ0n) is 15.9. The summed E-state index contributed by atoms with van der Waals surface area (Å²) < 4.78 is 29.0. The summed E-state index contributed by atoms with van der Waals surface area (Å²) in [5.74, 6) is -0.207. The largest absolute Gasteiger partial charge is 0.299 e. The predicted octanol–water partition coefficient (Wildman–Crippen LogP) is 6.33. The van der Waals surface area contributed by atoms with Crippen LogP contribution in [0.2, 0.25) is 0 Å². The van der Waals surface area contributed by atoms with Crippen molar-refractivity contribution in [2.24, 2.45) is 0 Å². The van der Waals surface area contributed by atoms with E-state index in [1.54, 1.807) is 6.07 Å². The van der Waals surface area contributed by atoms with Crippen molar-refractivity contribution in [1.82, 2.24) is 14.8 Å². The first-order valence-corrected chi connectivity index (χ1v) is 10.7. The first kappa shape index (κ1) is 19.1. The lowest BCUT2D eigenvalue weighted by Crippen LogP contribution is -2.15. The van der Waals surface area contributed by atoms with Gasteiger partial charge >= 0.3 is 0 Å². The number of benzene rings is 2. The molecule has 28 heavy (non-hydrogen) atoms. The molecule has 0 radical (unpaired) electrons. The van der Waals surface area contributed by atoms with Gasteiger partial charge in [-0.25, -0.2) is 8.78 Å². The van der Waals surface area contributed by atoms with Crippen molar-refractivity contribution in [1.29, 1.82) is 0 Å². The van der Waals surface area contributed by atoms with Crippen LogP contribution in [0.4, 0.5) is 8.78 Å². The van der Waals surface area contributed by atoms with Crippen molar-refractivity contribution >= 4 is 11.8 Å². The van der Waals surface area contributed by atoms with E-state index < -0.39 is 11.6 Å². The Balaban J connectivity index is 1.66. The molecule has 1 aromatic heterocycles. The van der Waals surface area contributed by atoms with Gasteiger partial charge in [-0.3, -0.25) is 4.57 Å². The summed E-state index contributed by atoms with van der Waals surface area (Å²) in [4.78, 5) is 0. The Labute approximate surface area is 168 Å². The minimum atomic E-state index is -0.819. The van der Waals surface area contributed by atoms with E-state index in [0.29, 0.717) is 11.8 Å². The molecule has 0 saturated heterocycles. The van der Waals surface area contributed by atoms with Crippen LogP contribution < -0.4 is 0 Å². The van der Waals surface area contributed by atoms with Crippen molar-refractivity contribution in [3.05, 3.63) is 65.2 Å². The maximum absolute atomic E-state index is 13.5. The van der Waals surface area contributed by atoms with Gasteiger partial charge in [0.15, 0.2) is 22.6 Å². The van der Waals surface area contributed by atoms with E-state index in [4.69, 9.17) is 0 Å². The zero-order valence-corrected chi connectivity index (χ0v) is 16.7. The molecule has 0 bridgehead atoms. The molecular formula is C22H23F2N3S. The molecule has 4 rings (SSSR count). The Bertz CT molecular complexity index is 964. The summed E-state index contributed by atoms with van der Waals surface area (Å²) in [5.41, 5.74) is 3.00. The average Bonchev–Trinajstić information content (AvgIpc) is 3.13. The van der Waals surface area contributed by atoms with Gasteiger partial charge in [0, 0.05) is 17.4 Å². The third kappa shape index (κ3) is 3.97. The van der Waals surface area contributed by atoms with Crippen molar-refractivity contribution < 1.29 is 8.78 Å². The summed E-state index contributed by atoms with van der Waals surface area (Å²) in [6.07, 6.45) is 5.94. The number of halogens is 2. The maximum atomic E-state index is 13.5. The van der Waals surface area contributed by atoms with Crippen LogP contribution in [0.5, 0.6) is 0 Å². The molecule has 2 aromatic carbocycles. The molecule has 1 heterocycles. The maximum Gasteiger partial charge on any atom is 0.192 e. The highest BCUT2D eigenvalue weighted by Crippen LogP contribution is 2.37. The zero-order chi connectivity index (χ0) is 19.5. The Morgan fingerprint density at radius 2 is 1.79 bits per heavy atom. The minimum absolute atomic E-state index is 0.380. The summed E-state index contributed by atoms with van der Waals surface area (Å²) in [6.45, 7) is 2.09. The van der Waals surface area contributed by atoms with E-state index in [1.165, 1.54) is 48.7 Å². The fraction of sp³-hybridized carbons (Fsp3) is 0.364. The molecule has 146 valence electrons. The van der Waals surface area contributed by atoms with Crippen molar-refractivity contribution in [2.75, 3.05) is 0 Å². The minimum Gasteiger partial charge on any atom is -0.299 e.